The van der Waals surface area contributed by atoms with Crippen LogP contribution in [0.4, 0.5) is 5.69 Å². The number of hydrogen-bond donors (Lipinski definition) is 1. The molecule has 2 N–H and O–H groups in total. The number of fused-ring (bicyclic) bond motifs is 1. The van der Waals surface area contributed by atoms with E-state index in [-0.39, 0.29) is 12.4 Å². The Hall–Kier alpha value is -1.93. The molecule has 0 aliphatic heterocycles. The molecular weight excluding hydrogens is 244 g/mol. The van der Waals surface area contributed by atoms with E-state index in [0.29, 0.717) is 0 Å². The van der Waals surface area contributed by atoms with Gasteiger partial charge in [-0.15, -0.1) is 12.4 Å². The van der Waals surface area contributed by atoms with Gasteiger partial charge in [-0.2, -0.15) is 0 Å². The van der Waals surface area contributed by atoms with Crippen molar-refractivity contribution in [3.63, 3.8) is 0 Å². The van der Waals surface area contributed by atoms with Crippen LogP contribution in [0.3, 0.4) is 0 Å². The fourth-order valence-corrected chi connectivity index (χ4v) is 2.19. The number of halogens is 1. The lowest BCUT2D eigenvalue weighted by molar-refractivity contribution is 0.838. The van der Waals surface area contributed by atoms with E-state index < -0.39 is 0 Å². The summed E-state index contributed by atoms with van der Waals surface area (Å²) < 4.78 is 2.19. The molecule has 3 heteroatoms. The molecule has 0 saturated heterocycles. The van der Waals surface area contributed by atoms with E-state index in [2.05, 4.69) is 41.0 Å². The Labute approximate surface area is 112 Å². The van der Waals surface area contributed by atoms with Crippen LogP contribution in [-0.2, 0) is 6.54 Å². The third-order valence-corrected chi connectivity index (χ3v) is 3.02. The van der Waals surface area contributed by atoms with Crippen LogP contribution in [-0.4, -0.2) is 4.57 Å². The highest BCUT2D eigenvalue weighted by molar-refractivity contribution is 5.91. The monoisotopic (exact) mass is 258 g/mol. The zero-order valence-corrected chi connectivity index (χ0v) is 10.7. The van der Waals surface area contributed by atoms with E-state index in [0.717, 1.165) is 17.6 Å². The molecule has 0 radical (unpaired) electrons. The van der Waals surface area contributed by atoms with Gasteiger partial charge in [-0.1, -0.05) is 48.5 Å². The first-order valence-electron chi connectivity index (χ1n) is 5.72. The van der Waals surface area contributed by atoms with Gasteiger partial charge in [-0.3, -0.25) is 0 Å². The van der Waals surface area contributed by atoms with Gasteiger partial charge in [0, 0.05) is 18.1 Å². The molecule has 0 aliphatic rings. The predicted octanol–water partition coefficient (Wildman–Crippen LogP) is 3.69. The lowest BCUT2D eigenvalue weighted by atomic mass is 10.2. The van der Waals surface area contributed by atoms with Crippen LogP contribution in [0.25, 0.3) is 10.9 Å². The lowest BCUT2D eigenvalue weighted by Crippen LogP contribution is -1.97. The van der Waals surface area contributed by atoms with E-state index in [9.17, 15) is 0 Å². The minimum Gasteiger partial charge on any atom is -0.397 e. The average Bonchev–Trinajstić information content (AvgIpc) is 2.69. The fourth-order valence-electron chi connectivity index (χ4n) is 2.19. The van der Waals surface area contributed by atoms with Crippen LogP contribution in [0.15, 0.2) is 60.8 Å². The summed E-state index contributed by atoms with van der Waals surface area (Å²) >= 11 is 0. The Morgan fingerprint density at radius 1 is 0.889 bits per heavy atom. The maximum atomic E-state index is 6.01. The highest BCUT2D eigenvalue weighted by atomic mass is 35.5. The number of aromatic nitrogens is 1. The molecule has 0 fully saturated rings. The Balaban J connectivity index is 0.00000120. The summed E-state index contributed by atoms with van der Waals surface area (Å²) in [6.45, 7) is 0.860. The molecule has 0 amide bonds. The highest BCUT2D eigenvalue weighted by Gasteiger charge is 2.04. The maximum absolute atomic E-state index is 6.01. The number of hydrogen-bond acceptors (Lipinski definition) is 1. The van der Waals surface area contributed by atoms with Gasteiger partial charge >= 0.3 is 0 Å². The van der Waals surface area contributed by atoms with Gasteiger partial charge in [-0.05, 0) is 11.6 Å². The molecular formula is C15H15ClN2. The van der Waals surface area contributed by atoms with Gasteiger partial charge in [0.15, 0.2) is 0 Å². The van der Waals surface area contributed by atoms with Gasteiger partial charge in [0.05, 0.1) is 11.2 Å². The zero-order valence-electron chi connectivity index (χ0n) is 9.91. The summed E-state index contributed by atoms with van der Waals surface area (Å²) in [5.74, 6) is 0. The molecule has 0 bridgehead atoms. The normalized spacial score (nSPS) is 10.2. The fraction of sp³-hybridized carbons (Fsp3) is 0.0667. The first kappa shape index (κ1) is 12.5. The van der Waals surface area contributed by atoms with Crippen LogP contribution < -0.4 is 5.73 Å². The van der Waals surface area contributed by atoms with Crippen LogP contribution >= 0.6 is 12.4 Å². The summed E-state index contributed by atoms with van der Waals surface area (Å²) in [5.41, 5.74) is 9.33. The number of nitrogens with two attached hydrogens (primary N) is 1. The highest BCUT2D eigenvalue weighted by Crippen LogP contribution is 2.23. The third kappa shape index (κ3) is 2.20. The first-order valence-corrected chi connectivity index (χ1v) is 5.72. The standard InChI is InChI=1S/C15H14N2.ClH/c16-14-11-17(10-12-6-2-1-3-7-12)15-9-5-4-8-13(14)15;/h1-9,11H,10,16H2;1H. The largest absolute Gasteiger partial charge is 0.397 e. The minimum atomic E-state index is 0. The summed E-state index contributed by atoms with van der Waals surface area (Å²) in [6.07, 6.45) is 2.01. The molecule has 0 atom stereocenters. The van der Waals surface area contributed by atoms with Crippen molar-refractivity contribution in [3.8, 4) is 0 Å². The Bertz CT molecular complexity index is 644. The second-order valence-corrected chi connectivity index (χ2v) is 4.22. The Morgan fingerprint density at radius 3 is 2.33 bits per heavy atom. The van der Waals surface area contributed by atoms with Crippen LogP contribution in [0, 0.1) is 0 Å². The van der Waals surface area contributed by atoms with Crippen molar-refractivity contribution in [1.82, 2.24) is 4.57 Å². The van der Waals surface area contributed by atoms with Crippen molar-refractivity contribution in [2.75, 3.05) is 5.73 Å². The van der Waals surface area contributed by atoms with Gasteiger partial charge in [-0.25, -0.2) is 0 Å². The van der Waals surface area contributed by atoms with Crippen molar-refractivity contribution >= 4 is 29.0 Å². The molecule has 92 valence electrons. The number of nitrogen functional groups attached to an aromatic ring is 1. The molecule has 2 aromatic carbocycles. The van der Waals surface area contributed by atoms with Crippen molar-refractivity contribution in [1.29, 1.82) is 0 Å². The second-order valence-electron chi connectivity index (χ2n) is 4.22. The molecule has 1 aromatic heterocycles. The molecule has 0 aliphatic carbocycles. The summed E-state index contributed by atoms with van der Waals surface area (Å²) in [5, 5.41) is 1.13. The predicted molar refractivity (Wildman–Crippen MR) is 79.1 cm³/mol. The first-order chi connectivity index (χ1) is 8.34. The van der Waals surface area contributed by atoms with Gasteiger partial charge in [0.1, 0.15) is 0 Å². The van der Waals surface area contributed by atoms with Gasteiger partial charge in [0.25, 0.3) is 0 Å². The summed E-state index contributed by atoms with van der Waals surface area (Å²) in [4.78, 5) is 0. The molecule has 18 heavy (non-hydrogen) atoms. The second kappa shape index (κ2) is 5.15. The smallest absolute Gasteiger partial charge is 0.0574 e. The molecule has 2 nitrogen and oxygen atoms in total. The van der Waals surface area contributed by atoms with Crippen molar-refractivity contribution < 1.29 is 0 Å². The number of para-hydroxylation sites is 1. The van der Waals surface area contributed by atoms with Gasteiger partial charge in [0.2, 0.25) is 0 Å². The van der Waals surface area contributed by atoms with Crippen molar-refractivity contribution in [2.45, 2.75) is 6.54 Å². The SMILES string of the molecule is Cl.Nc1cn(Cc2ccccc2)c2ccccc12. The Kier molecular flexibility index (Phi) is 3.58. The number of nitrogens with zero attached hydrogens (tertiary/aromatic N) is 1. The number of anilines is 1. The average molecular weight is 259 g/mol. The van der Waals surface area contributed by atoms with E-state index in [1.807, 2.05) is 24.4 Å². The topological polar surface area (TPSA) is 30.9 Å². The zero-order chi connectivity index (χ0) is 11.7. The minimum absolute atomic E-state index is 0. The van der Waals surface area contributed by atoms with Crippen LogP contribution in [0.2, 0.25) is 0 Å². The lowest BCUT2D eigenvalue weighted by Gasteiger charge is -2.04. The van der Waals surface area contributed by atoms with E-state index in [1.165, 1.54) is 11.1 Å². The number of benzene rings is 2. The Morgan fingerprint density at radius 2 is 1.56 bits per heavy atom. The molecule has 3 aromatic rings. The summed E-state index contributed by atoms with van der Waals surface area (Å²) in [7, 11) is 0. The molecule has 1 heterocycles. The maximum Gasteiger partial charge on any atom is 0.0574 e. The quantitative estimate of drug-likeness (QED) is 0.747. The summed E-state index contributed by atoms with van der Waals surface area (Å²) in [6, 6.07) is 18.6. The van der Waals surface area contributed by atoms with E-state index in [1.54, 1.807) is 0 Å². The molecule has 0 spiro atoms. The molecule has 0 unspecified atom stereocenters. The van der Waals surface area contributed by atoms with Crippen molar-refractivity contribution in [2.24, 2.45) is 0 Å². The van der Waals surface area contributed by atoms with Crippen LogP contribution in [0.5, 0.6) is 0 Å². The molecule has 0 saturated carbocycles. The molecule has 3 rings (SSSR count). The van der Waals surface area contributed by atoms with Gasteiger partial charge < -0.3 is 10.3 Å². The number of rotatable bonds is 2. The van der Waals surface area contributed by atoms with Crippen molar-refractivity contribution in [3.05, 3.63) is 66.4 Å². The van der Waals surface area contributed by atoms with Crippen LogP contribution in [0.1, 0.15) is 5.56 Å². The van der Waals surface area contributed by atoms with E-state index in [4.69, 9.17) is 5.73 Å². The van der Waals surface area contributed by atoms with E-state index >= 15 is 0 Å². The third-order valence-electron chi connectivity index (χ3n) is 3.02.